The normalized spacial score (nSPS) is 11.1. The molecule has 0 bridgehead atoms. The third kappa shape index (κ3) is 3.71. The van der Waals surface area contributed by atoms with E-state index in [1.165, 1.54) is 5.56 Å². The standard InChI is InChI=1S/C18H18ClN3S/c1-12(2)14-6-8-15(9-7-14)17-20-18(23)22(21-17)11-13-4-3-5-16(19)10-13/h3-10,12H,11H2,1-2H3,(H,20,21,23). The van der Waals surface area contributed by atoms with Crippen LogP contribution in [0.25, 0.3) is 11.4 Å². The van der Waals surface area contributed by atoms with Crippen molar-refractivity contribution < 1.29 is 0 Å². The Morgan fingerprint density at radius 3 is 2.57 bits per heavy atom. The van der Waals surface area contributed by atoms with Crippen molar-refractivity contribution in [3.05, 3.63) is 69.5 Å². The second-order valence-corrected chi connectivity index (χ2v) is 6.65. The number of aromatic amines is 1. The average Bonchev–Trinajstić information content (AvgIpc) is 2.88. The Kier molecular flexibility index (Phi) is 4.64. The Hall–Kier alpha value is -1.91. The lowest BCUT2D eigenvalue weighted by molar-refractivity contribution is 0.677. The van der Waals surface area contributed by atoms with Gasteiger partial charge in [-0.15, -0.1) is 0 Å². The Labute approximate surface area is 145 Å². The Balaban J connectivity index is 1.87. The lowest BCUT2D eigenvalue weighted by atomic mass is 10.0. The fourth-order valence-corrected chi connectivity index (χ4v) is 2.85. The van der Waals surface area contributed by atoms with Gasteiger partial charge in [0.15, 0.2) is 5.82 Å². The lowest BCUT2D eigenvalue weighted by Gasteiger charge is -2.05. The second kappa shape index (κ2) is 6.69. The van der Waals surface area contributed by atoms with Crippen molar-refractivity contribution >= 4 is 23.8 Å². The van der Waals surface area contributed by atoms with E-state index in [2.05, 4.69) is 48.2 Å². The number of hydrogen-bond acceptors (Lipinski definition) is 2. The highest BCUT2D eigenvalue weighted by Gasteiger charge is 2.07. The van der Waals surface area contributed by atoms with Crippen LogP contribution in [0.15, 0.2) is 48.5 Å². The fourth-order valence-electron chi connectivity index (χ4n) is 2.44. The van der Waals surface area contributed by atoms with Crippen LogP contribution in [0.4, 0.5) is 0 Å². The molecule has 118 valence electrons. The molecule has 0 amide bonds. The van der Waals surface area contributed by atoms with Gasteiger partial charge in [-0.2, -0.15) is 4.98 Å². The first kappa shape index (κ1) is 16.0. The van der Waals surface area contributed by atoms with E-state index in [0.29, 0.717) is 17.2 Å². The first-order valence-corrected chi connectivity index (χ1v) is 8.33. The number of nitrogens with zero attached hydrogens (tertiary/aromatic N) is 2. The fraction of sp³-hybridized carbons (Fsp3) is 0.222. The van der Waals surface area contributed by atoms with Crippen molar-refractivity contribution in [1.82, 2.24) is 14.8 Å². The number of nitrogens with one attached hydrogen (secondary N) is 1. The smallest absolute Gasteiger partial charge is 0.216 e. The molecule has 3 rings (SSSR count). The summed E-state index contributed by atoms with van der Waals surface area (Å²) < 4.78 is 2.39. The predicted octanol–water partition coefficient (Wildman–Crippen LogP) is 5.43. The number of hydrogen-bond donors (Lipinski definition) is 1. The maximum Gasteiger partial charge on any atom is 0.216 e. The highest BCUT2D eigenvalue weighted by Crippen LogP contribution is 2.20. The summed E-state index contributed by atoms with van der Waals surface area (Å²) in [6.45, 7) is 4.99. The topological polar surface area (TPSA) is 33.6 Å². The molecule has 0 spiro atoms. The van der Waals surface area contributed by atoms with E-state index in [1.54, 1.807) is 0 Å². The van der Waals surface area contributed by atoms with Gasteiger partial charge in [0.25, 0.3) is 0 Å². The van der Waals surface area contributed by atoms with Crippen molar-refractivity contribution in [2.45, 2.75) is 26.3 Å². The molecular weight excluding hydrogens is 326 g/mol. The number of aromatic nitrogens is 3. The van der Waals surface area contributed by atoms with Crippen LogP contribution in [0, 0.1) is 4.77 Å². The summed E-state index contributed by atoms with van der Waals surface area (Å²) in [7, 11) is 0. The number of halogens is 1. The Morgan fingerprint density at radius 2 is 1.91 bits per heavy atom. The SMILES string of the molecule is CC(C)c1ccc(-c2nc(=S)n(Cc3cccc(Cl)c3)[nH]2)cc1. The highest BCUT2D eigenvalue weighted by atomic mass is 35.5. The summed E-state index contributed by atoms with van der Waals surface area (Å²) in [6, 6.07) is 16.2. The van der Waals surface area contributed by atoms with Gasteiger partial charge in [-0.1, -0.05) is 61.8 Å². The molecule has 1 heterocycles. The second-order valence-electron chi connectivity index (χ2n) is 5.85. The molecule has 0 fully saturated rings. The molecule has 23 heavy (non-hydrogen) atoms. The van der Waals surface area contributed by atoms with Crippen LogP contribution >= 0.6 is 23.8 Å². The van der Waals surface area contributed by atoms with Gasteiger partial charge in [-0.05, 0) is 41.4 Å². The summed E-state index contributed by atoms with van der Waals surface area (Å²) in [4.78, 5) is 4.46. The predicted molar refractivity (Wildman–Crippen MR) is 97.5 cm³/mol. The molecule has 3 aromatic rings. The van der Waals surface area contributed by atoms with Crippen molar-refractivity contribution in [2.24, 2.45) is 0 Å². The van der Waals surface area contributed by atoms with Crippen LogP contribution in [0.1, 0.15) is 30.9 Å². The minimum atomic E-state index is 0.517. The minimum absolute atomic E-state index is 0.517. The van der Waals surface area contributed by atoms with Gasteiger partial charge in [0.1, 0.15) is 0 Å². The largest absolute Gasteiger partial charge is 0.279 e. The van der Waals surface area contributed by atoms with Crippen molar-refractivity contribution in [3.8, 4) is 11.4 Å². The monoisotopic (exact) mass is 343 g/mol. The molecule has 3 nitrogen and oxygen atoms in total. The van der Waals surface area contributed by atoms with E-state index in [4.69, 9.17) is 23.8 Å². The number of rotatable bonds is 4. The van der Waals surface area contributed by atoms with Crippen LogP contribution < -0.4 is 0 Å². The third-order valence-electron chi connectivity index (χ3n) is 3.76. The zero-order chi connectivity index (χ0) is 16.4. The highest BCUT2D eigenvalue weighted by molar-refractivity contribution is 7.71. The van der Waals surface area contributed by atoms with Crippen LogP contribution in [0.2, 0.25) is 5.02 Å². The van der Waals surface area contributed by atoms with Crippen molar-refractivity contribution in [2.75, 3.05) is 0 Å². The third-order valence-corrected chi connectivity index (χ3v) is 4.31. The van der Waals surface area contributed by atoms with Gasteiger partial charge in [-0.3, -0.25) is 9.78 Å². The van der Waals surface area contributed by atoms with E-state index in [-0.39, 0.29) is 0 Å². The first-order valence-electron chi connectivity index (χ1n) is 7.54. The Morgan fingerprint density at radius 1 is 1.17 bits per heavy atom. The molecule has 0 unspecified atom stereocenters. The number of benzene rings is 2. The summed E-state index contributed by atoms with van der Waals surface area (Å²) in [6.07, 6.45) is 0. The van der Waals surface area contributed by atoms with Crippen molar-refractivity contribution in [1.29, 1.82) is 0 Å². The molecule has 0 saturated heterocycles. The summed E-state index contributed by atoms with van der Waals surface area (Å²) in [5.74, 6) is 1.30. The summed E-state index contributed by atoms with van der Waals surface area (Å²) >= 11 is 11.4. The van der Waals surface area contributed by atoms with Gasteiger partial charge in [0, 0.05) is 10.6 Å². The molecule has 0 aliphatic rings. The van der Waals surface area contributed by atoms with Crippen LogP contribution in [0.3, 0.4) is 0 Å². The maximum absolute atomic E-state index is 6.03. The van der Waals surface area contributed by atoms with E-state index in [0.717, 1.165) is 22.0 Å². The zero-order valence-electron chi connectivity index (χ0n) is 13.1. The molecule has 2 aromatic carbocycles. The maximum atomic E-state index is 6.03. The van der Waals surface area contributed by atoms with E-state index in [1.807, 2.05) is 28.9 Å². The quantitative estimate of drug-likeness (QED) is 0.640. The molecule has 1 aromatic heterocycles. The van der Waals surface area contributed by atoms with Gasteiger partial charge < -0.3 is 0 Å². The molecule has 0 atom stereocenters. The molecular formula is C18H18ClN3S. The van der Waals surface area contributed by atoms with Gasteiger partial charge in [0.2, 0.25) is 4.77 Å². The average molecular weight is 344 g/mol. The Bertz CT molecular complexity index is 862. The molecule has 0 aliphatic heterocycles. The van der Waals surface area contributed by atoms with Crippen LogP contribution in [0.5, 0.6) is 0 Å². The van der Waals surface area contributed by atoms with E-state index < -0.39 is 0 Å². The first-order chi connectivity index (χ1) is 11.0. The molecule has 0 radical (unpaired) electrons. The van der Waals surface area contributed by atoms with Gasteiger partial charge in [-0.25, -0.2) is 0 Å². The van der Waals surface area contributed by atoms with Crippen LogP contribution in [-0.4, -0.2) is 14.8 Å². The molecule has 0 aliphatic carbocycles. The molecule has 5 heteroatoms. The number of H-pyrrole nitrogens is 1. The molecule has 1 N–H and O–H groups in total. The molecule has 0 saturated carbocycles. The zero-order valence-corrected chi connectivity index (χ0v) is 14.7. The van der Waals surface area contributed by atoms with Gasteiger partial charge >= 0.3 is 0 Å². The van der Waals surface area contributed by atoms with Gasteiger partial charge in [0.05, 0.1) is 6.54 Å². The lowest BCUT2D eigenvalue weighted by Crippen LogP contribution is -2.01. The summed E-state index contributed by atoms with van der Waals surface area (Å²) in [5.41, 5.74) is 3.43. The van der Waals surface area contributed by atoms with Crippen LogP contribution in [-0.2, 0) is 6.54 Å². The minimum Gasteiger partial charge on any atom is -0.279 e. The van der Waals surface area contributed by atoms with E-state index in [9.17, 15) is 0 Å². The van der Waals surface area contributed by atoms with Crippen molar-refractivity contribution in [3.63, 3.8) is 0 Å². The summed E-state index contributed by atoms with van der Waals surface area (Å²) in [5, 5.41) is 3.99. The van der Waals surface area contributed by atoms with E-state index >= 15 is 0 Å².